The number of benzene rings is 1. The summed E-state index contributed by atoms with van der Waals surface area (Å²) in [5.41, 5.74) is 1.07. The molecule has 1 N–H and O–H groups in total. The van der Waals surface area contributed by atoms with E-state index in [1.165, 1.54) is 0 Å². The molecule has 0 spiro atoms. The minimum absolute atomic E-state index is 0.0749. The van der Waals surface area contributed by atoms with Gasteiger partial charge in [-0.25, -0.2) is 0 Å². The van der Waals surface area contributed by atoms with E-state index in [0.717, 1.165) is 37.5 Å². The summed E-state index contributed by atoms with van der Waals surface area (Å²) in [6, 6.07) is 7.77. The van der Waals surface area contributed by atoms with Crippen LogP contribution >= 0.6 is 0 Å². The molecule has 2 rings (SSSR count). The molecule has 106 valence electrons. The Bertz CT molecular complexity index is 486. The maximum atomic E-state index is 11.9. The van der Waals surface area contributed by atoms with Gasteiger partial charge in [0.25, 0.3) is 0 Å². The lowest BCUT2D eigenvalue weighted by atomic mass is 10.2. The normalized spacial score (nSPS) is 15.9. The van der Waals surface area contributed by atoms with Crippen molar-refractivity contribution < 1.29 is 9.53 Å². The molecule has 1 aliphatic heterocycles. The van der Waals surface area contributed by atoms with Crippen molar-refractivity contribution in [2.24, 2.45) is 0 Å². The van der Waals surface area contributed by atoms with E-state index in [2.05, 4.69) is 5.32 Å². The van der Waals surface area contributed by atoms with Crippen LogP contribution in [-0.2, 0) is 4.79 Å². The van der Waals surface area contributed by atoms with Gasteiger partial charge >= 0.3 is 0 Å². The second-order valence-corrected chi connectivity index (χ2v) is 4.57. The lowest BCUT2D eigenvalue weighted by molar-refractivity contribution is -0.126. The Kier molecular flexibility index (Phi) is 5.38. The van der Waals surface area contributed by atoms with E-state index < -0.39 is 0 Å². The quantitative estimate of drug-likeness (QED) is 0.670. The number of methoxy groups -OCH3 is 1. The third-order valence-electron chi connectivity index (χ3n) is 3.18. The lowest BCUT2D eigenvalue weighted by Crippen LogP contribution is -2.45. The fourth-order valence-electron chi connectivity index (χ4n) is 2.01. The van der Waals surface area contributed by atoms with E-state index >= 15 is 0 Å². The minimum Gasteiger partial charge on any atom is -0.497 e. The first-order valence-corrected chi connectivity index (χ1v) is 6.78. The number of ether oxygens (including phenoxy) is 1. The maximum absolute atomic E-state index is 11.9. The highest BCUT2D eigenvalue weighted by Gasteiger charge is 2.12. The number of carbonyl (C=O) groups is 1. The van der Waals surface area contributed by atoms with Crippen molar-refractivity contribution in [3.05, 3.63) is 48.1 Å². The van der Waals surface area contributed by atoms with Crippen LogP contribution in [0.2, 0.25) is 0 Å². The Morgan fingerprint density at radius 2 is 1.90 bits per heavy atom. The molecular formula is C16H20N2O2. The van der Waals surface area contributed by atoms with Gasteiger partial charge in [0.05, 0.1) is 7.11 Å². The highest BCUT2D eigenvalue weighted by atomic mass is 16.5. The number of nitrogens with one attached hydrogen (secondary N) is 1. The van der Waals surface area contributed by atoms with Crippen molar-refractivity contribution in [1.29, 1.82) is 0 Å². The van der Waals surface area contributed by atoms with Gasteiger partial charge in [-0.3, -0.25) is 4.79 Å². The molecule has 1 heterocycles. The van der Waals surface area contributed by atoms with Crippen LogP contribution in [0.5, 0.6) is 5.75 Å². The number of allylic oxidation sites excluding steroid dienone is 2. The standard InChI is InChI=1S/C16H20N2O2/c1-20-15-8-6-14(7-9-15)4-2-3-5-16(19)18-12-10-17-11-13-18/h2-9,17H,10-13H2,1H3/b4-2+,5-3+. The number of hydrogen-bond donors (Lipinski definition) is 1. The highest BCUT2D eigenvalue weighted by molar-refractivity contribution is 5.88. The van der Waals surface area contributed by atoms with Crippen molar-refractivity contribution in [3.8, 4) is 5.75 Å². The SMILES string of the molecule is COc1ccc(/C=C/C=C/C(=O)N2CCNCC2)cc1. The zero-order valence-corrected chi connectivity index (χ0v) is 11.7. The molecule has 0 radical (unpaired) electrons. The van der Waals surface area contributed by atoms with E-state index in [4.69, 9.17) is 4.74 Å². The largest absolute Gasteiger partial charge is 0.497 e. The molecule has 0 aromatic heterocycles. The fourth-order valence-corrected chi connectivity index (χ4v) is 2.01. The van der Waals surface area contributed by atoms with Crippen LogP contribution in [0.1, 0.15) is 5.56 Å². The number of nitrogens with zero attached hydrogens (tertiary/aromatic N) is 1. The molecular weight excluding hydrogens is 252 g/mol. The van der Waals surface area contributed by atoms with Gasteiger partial charge in [-0.15, -0.1) is 0 Å². The van der Waals surface area contributed by atoms with Crippen LogP contribution in [0.15, 0.2) is 42.5 Å². The third-order valence-corrected chi connectivity index (χ3v) is 3.18. The number of piperazine rings is 1. The monoisotopic (exact) mass is 272 g/mol. The molecule has 4 heteroatoms. The highest BCUT2D eigenvalue weighted by Crippen LogP contribution is 2.12. The Labute approximate surface area is 119 Å². The van der Waals surface area contributed by atoms with Gasteiger partial charge in [0.2, 0.25) is 5.91 Å². The van der Waals surface area contributed by atoms with Crippen molar-refractivity contribution in [2.45, 2.75) is 0 Å². The Morgan fingerprint density at radius 3 is 2.55 bits per heavy atom. The second-order valence-electron chi connectivity index (χ2n) is 4.57. The fraction of sp³-hybridized carbons (Fsp3) is 0.312. The Hall–Kier alpha value is -2.07. The summed E-state index contributed by atoms with van der Waals surface area (Å²) in [4.78, 5) is 13.7. The minimum atomic E-state index is 0.0749. The summed E-state index contributed by atoms with van der Waals surface area (Å²) in [5.74, 6) is 0.914. The van der Waals surface area contributed by atoms with Crippen LogP contribution in [0.25, 0.3) is 6.08 Å². The van der Waals surface area contributed by atoms with E-state index in [-0.39, 0.29) is 5.91 Å². The molecule has 1 amide bonds. The zero-order chi connectivity index (χ0) is 14.2. The van der Waals surface area contributed by atoms with Gasteiger partial charge in [0.15, 0.2) is 0 Å². The van der Waals surface area contributed by atoms with E-state index in [1.54, 1.807) is 19.3 Å². The molecule has 0 saturated carbocycles. The van der Waals surface area contributed by atoms with Crippen LogP contribution in [0.4, 0.5) is 0 Å². The van der Waals surface area contributed by atoms with Crippen molar-refractivity contribution in [1.82, 2.24) is 10.2 Å². The van der Waals surface area contributed by atoms with Gasteiger partial charge in [0, 0.05) is 32.3 Å². The molecule has 0 aliphatic carbocycles. The maximum Gasteiger partial charge on any atom is 0.246 e. The molecule has 0 unspecified atom stereocenters. The molecule has 0 bridgehead atoms. The van der Waals surface area contributed by atoms with Crippen molar-refractivity contribution >= 4 is 12.0 Å². The van der Waals surface area contributed by atoms with Gasteiger partial charge in [0.1, 0.15) is 5.75 Å². The van der Waals surface area contributed by atoms with Gasteiger partial charge in [-0.1, -0.05) is 30.4 Å². The molecule has 1 aliphatic rings. The van der Waals surface area contributed by atoms with Crippen molar-refractivity contribution in [2.75, 3.05) is 33.3 Å². The summed E-state index contributed by atoms with van der Waals surface area (Å²) in [6.07, 6.45) is 7.24. The topological polar surface area (TPSA) is 41.6 Å². The number of amides is 1. The zero-order valence-electron chi connectivity index (χ0n) is 11.7. The summed E-state index contributed by atoms with van der Waals surface area (Å²) in [5, 5.41) is 3.23. The Balaban J connectivity index is 1.84. The lowest BCUT2D eigenvalue weighted by Gasteiger charge is -2.26. The van der Waals surface area contributed by atoms with Crippen molar-refractivity contribution in [3.63, 3.8) is 0 Å². The second kappa shape index (κ2) is 7.50. The van der Waals surface area contributed by atoms with E-state index in [1.807, 2.05) is 41.3 Å². The summed E-state index contributed by atoms with van der Waals surface area (Å²) in [6.45, 7) is 3.32. The van der Waals surface area contributed by atoms with Crippen LogP contribution in [-0.4, -0.2) is 44.1 Å². The summed E-state index contributed by atoms with van der Waals surface area (Å²) >= 11 is 0. The molecule has 20 heavy (non-hydrogen) atoms. The molecule has 0 atom stereocenters. The molecule has 1 aromatic carbocycles. The van der Waals surface area contributed by atoms with Gasteiger partial charge in [-0.05, 0) is 17.7 Å². The summed E-state index contributed by atoms with van der Waals surface area (Å²) < 4.78 is 5.10. The molecule has 1 saturated heterocycles. The number of hydrogen-bond acceptors (Lipinski definition) is 3. The first kappa shape index (κ1) is 14.3. The van der Waals surface area contributed by atoms with E-state index in [9.17, 15) is 4.79 Å². The predicted molar refractivity (Wildman–Crippen MR) is 80.6 cm³/mol. The smallest absolute Gasteiger partial charge is 0.246 e. The Morgan fingerprint density at radius 1 is 1.20 bits per heavy atom. The predicted octanol–water partition coefficient (Wildman–Crippen LogP) is 1.70. The van der Waals surface area contributed by atoms with E-state index in [0.29, 0.717) is 0 Å². The molecule has 1 aromatic rings. The first-order valence-electron chi connectivity index (χ1n) is 6.78. The first-order chi connectivity index (χ1) is 9.79. The average Bonchev–Trinajstić information content (AvgIpc) is 2.53. The molecule has 1 fully saturated rings. The third kappa shape index (κ3) is 4.24. The van der Waals surface area contributed by atoms with Crippen LogP contribution in [0.3, 0.4) is 0 Å². The van der Waals surface area contributed by atoms with Crippen LogP contribution in [0, 0.1) is 0 Å². The summed E-state index contributed by atoms with van der Waals surface area (Å²) in [7, 11) is 1.65. The average molecular weight is 272 g/mol. The number of rotatable bonds is 4. The van der Waals surface area contributed by atoms with Gasteiger partial charge in [-0.2, -0.15) is 0 Å². The number of carbonyl (C=O) groups excluding carboxylic acids is 1. The van der Waals surface area contributed by atoms with Gasteiger partial charge < -0.3 is 15.0 Å². The van der Waals surface area contributed by atoms with Crippen LogP contribution < -0.4 is 10.1 Å². The molecule has 4 nitrogen and oxygen atoms in total.